The minimum Gasteiger partial charge on any atom is -0.380 e. The summed E-state index contributed by atoms with van der Waals surface area (Å²) in [6.07, 6.45) is 1.10. The fourth-order valence-electron chi connectivity index (χ4n) is 1.82. The van der Waals surface area contributed by atoms with Crippen molar-refractivity contribution in [2.45, 2.75) is 19.6 Å². The summed E-state index contributed by atoms with van der Waals surface area (Å²) < 4.78 is 5.09. The standard InChI is InChI=1S/C15H19NOS/c1-17-11-14-4-2-13(3-5-14)10-16-8-6-15-7-9-18-12-15/h2-5,7,9,12,16H,6,8,10-11H2,1H3. The van der Waals surface area contributed by atoms with E-state index in [0.717, 1.165) is 19.5 Å². The number of ether oxygens (including phenoxy) is 1. The first-order valence-electron chi connectivity index (χ1n) is 6.17. The fraction of sp³-hybridized carbons (Fsp3) is 0.333. The van der Waals surface area contributed by atoms with Gasteiger partial charge in [0.2, 0.25) is 0 Å². The quantitative estimate of drug-likeness (QED) is 0.773. The summed E-state index contributed by atoms with van der Waals surface area (Å²) in [6, 6.07) is 10.8. The molecule has 0 aliphatic heterocycles. The van der Waals surface area contributed by atoms with Gasteiger partial charge < -0.3 is 10.1 Å². The largest absolute Gasteiger partial charge is 0.380 e. The van der Waals surface area contributed by atoms with Gasteiger partial charge in [0, 0.05) is 13.7 Å². The summed E-state index contributed by atoms with van der Waals surface area (Å²) in [5.41, 5.74) is 3.96. The molecule has 2 nitrogen and oxygen atoms in total. The van der Waals surface area contributed by atoms with Crippen molar-refractivity contribution in [3.8, 4) is 0 Å². The zero-order valence-electron chi connectivity index (χ0n) is 10.7. The topological polar surface area (TPSA) is 21.3 Å². The summed E-state index contributed by atoms with van der Waals surface area (Å²) in [4.78, 5) is 0. The van der Waals surface area contributed by atoms with Gasteiger partial charge >= 0.3 is 0 Å². The molecule has 0 aliphatic carbocycles. The zero-order valence-corrected chi connectivity index (χ0v) is 11.5. The number of benzene rings is 1. The maximum Gasteiger partial charge on any atom is 0.0713 e. The lowest BCUT2D eigenvalue weighted by Gasteiger charge is -2.05. The lowest BCUT2D eigenvalue weighted by Crippen LogP contribution is -2.16. The fourth-order valence-corrected chi connectivity index (χ4v) is 2.52. The first-order valence-corrected chi connectivity index (χ1v) is 7.11. The van der Waals surface area contributed by atoms with Crippen molar-refractivity contribution in [1.29, 1.82) is 0 Å². The van der Waals surface area contributed by atoms with Crippen LogP contribution in [-0.2, 0) is 24.3 Å². The minimum atomic E-state index is 0.686. The van der Waals surface area contributed by atoms with Gasteiger partial charge in [-0.25, -0.2) is 0 Å². The first kappa shape index (κ1) is 13.3. The molecular weight excluding hydrogens is 242 g/mol. The lowest BCUT2D eigenvalue weighted by atomic mass is 10.1. The Morgan fingerprint density at radius 1 is 1.06 bits per heavy atom. The van der Waals surface area contributed by atoms with Crippen molar-refractivity contribution in [1.82, 2.24) is 5.32 Å². The smallest absolute Gasteiger partial charge is 0.0713 e. The van der Waals surface area contributed by atoms with Crippen molar-refractivity contribution in [2.75, 3.05) is 13.7 Å². The molecule has 1 aromatic heterocycles. The van der Waals surface area contributed by atoms with Crippen LogP contribution in [0.5, 0.6) is 0 Å². The summed E-state index contributed by atoms with van der Waals surface area (Å²) in [5.74, 6) is 0. The van der Waals surface area contributed by atoms with Crippen molar-refractivity contribution in [3.63, 3.8) is 0 Å². The average Bonchev–Trinajstić information content (AvgIpc) is 2.90. The monoisotopic (exact) mass is 261 g/mol. The Kier molecular flexibility index (Phi) is 5.39. The van der Waals surface area contributed by atoms with Gasteiger partial charge in [-0.05, 0) is 46.5 Å². The van der Waals surface area contributed by atoms with Crippen molar-refractivity contribution in [3.05, 3.63) is 57.8 Å². The van der Waals surface area contributed by atoms with Gasteiger partial charge in [0.15, 0.2) is 0 Å². The van der Waals surface area contributed by atoms with Crippen molar-refractivity contribution >= 4 is 11.3 Å². The van der Waals surface area contributed by atoms with Crippen LogP contribution < -0.4 is 5.32 Å². The summed E-state index contributed by atoms with van der Waals surface area (Å²) in [5, 5.41) is 7.80. The lowest BCUT2D eigenvalue weighted by molar-refractivity contribution is 0.185. The predicted octanol–water partition coefficient (Wildman–Crippen LogP) is 3.23. The maximum atomic E-state index is 5.09. The molecule has 0 spiro atoms. The Balaban J connectivity index is 1.69. The Labute approximate surface area is 113 Å². The molecule has 0 amide bonds. The normalized spacial score (nSPS) is 10.7. The molecule has 0 saturated heterocycles. The van der Waals surface area contributed by atoms with E-state index in [1.165, 1.54) is 16.7 Å². The molecule has 0 atom stereocenters. The molecule has 18 heavy (non-hydrogen) atoms. The van der Waals surface area contributed by atoms with Crippen molar-refractivity contribution < 1.29 is 4.74 Å². The van der Waals surface area contributed by atoms with Crippen LogP contribution in [0.2, 0.25) is 0 Å². The molecule has 0 radical (unpaired) electrons. The Morgan fingerprint density at radius 3 is 2.50 bits per heavy atom. The molecule has 1 aromatic carbocycles. The van der Waals surface area contributed by atoms with Crippen LogP contribution in [0, 0.1) is 0 Å². The maximum absolute atomic E-state index is 5.09. The number of hydrogen-bond acceptors (Lipinski definition) is 3. The summed E-state index contributed by atoms with van der Waals surface area (Å²) in [7, 11) is 1.72. The number of rotatable bonds is 7. The Hall–Kier alpha value is -1.16. The van der Waals surface area contributed by atoms with Gasteiger partial charge in [0.1, 0.15) is 0 Å². The molecular formula is C15H19NOS. The van der Waals surface area contributed by atoms with Crippen LogP contribution in [0.1, 0.15) is 16.7 Å². The number of methoxy groups -OCH3 is 1. The molecule has 2 aromatic rings. The highest BCUT2D eigenvalue weighted by molar-refractivity contribution is 7.07. The van der Waals surface area contributed by atoms with Gasteiger partial charge in [-0.2, -0.15) is 11.3 Å². The van der Waals surface area contributed by atoms with E-state index < -0.39 is 0 Å². The molecule has 3 heteroatoms. The third-order valence-electron chi connectivity index (χ3n) is 2.83. The molecule has 1 heterocycles. The second kappa shape index (κ2) is 7.31. The van der Waals surface area contributed by atoms with E-state index in [-0.39, 0.29) is 0 Å². The molecule has 2 rings (SSSR count). The van der Waals surface area contributed by atoms with Crippen molar-refractivity contribution in [2.24, 2.45) is 0 Å². The Morgan fingerprint density at radius 2 is 1.83 bits per heavy atom. The van der Waals surface area contributed by atoms with Crippen LogP contribution in [0.3, 0.4) is 0 Å². The second-order valence-corrected chi connectivity index (χ2v) is 5.09. The SMILES string of the molecule is COCc1ccc(CNCCc2ccsc2)cc1. The van der Waals surface area contributed by atoms with Crippen LogP contribution in [0.25, 0.3) is 0 Å². The molecule has 96 valence electrons. The highest BCUT2D eigenvalue weighted by Crippen LogP contribution is 2.07. The highest BCUT2D eigenvalue weighted by Gasteiger charge is 1.96. The van der Waals surface area contributed by atoms with E-state index in [1.54, 1.807) is 18.4 Å². The highest BCUT2D eigenvalue weighted by atomic mass is 32.1. The van der Waals surface area contributed by atoms with E-state index in [2.05, 4.69) is 46.4 Å². The van der Waals surface area contributed by atoms with E-state index in [4.69, 9.17) is 4.74 Å². The van der Waals surface area contributed by atoms with Gasteiger partial charge in [-0.3, -0.25) is 0 Å². The second-order valence-electron chi connectivity index (χ2n) is 4.31. The van der Waals surface area contributed by atoms with Gasteiger partial charge in [0.25, 0.3) is 0 Å². The average molecular weight is 261 g/mol. The van der Waals surface area contributed by atoms with Crippen LogP contribution >= 0.6 is 11.3 Å². The van der Waals surface area contributed by atoms with E-state index in [1.807, 2.05) is 0 Å². The van der Waals surface area contributed by atoms with E-state index in [9.17, 15) is 0 Å². The van der Waals surface area contributed by atoms with Crippen LogP contribution in [-0.4, -0.2) is 13.7 Å². The molecule has 0 bridgehead atoms. The zero-order chi connectivity index (χ0) is 12.6. The first-order chi connectivity index (χ1) is 8.88. The van der Waals surface area contributed by atoms with E-state index >= 15 is 0 Å². The molecule has 0 saturated carbocycles. The third kappa shape index (κ3) is 4.26. The minimum absolute atomic E-state index is 0.686. The van der Waals surface area contributed by atoms with Crippen LogP contribution in [0.4, 0.5) is 0 Å². The Bertz CT molecular complexity index is 436. The third-order valence-corrected chi connectivity index (χ3v) is 3.57. The molecule has 0 fully saturated rings. The van der Waals surface area contributed by atoms with Gasteiger partial charge in [-0.15, -0.1) is 0 Å². The number of nitrogens with one attached hydrogen (secondary N) is 1. The summed E-state index contributed by atoms with van der Waals surface area (Å²) >= 11 is 1.76. The molecule has 1 N–H and O–H groups in total. The van der Waals surface area contributed by atoms with Crippen LogP contribution in [0.15, 0.2) is 41.1 Å². The van der Waals surface area contributed by atoms with E-state index in [0.29, 0.717) is 6.61 Å². The number of thiophene rings is 1. The van der Waals surface area contributed by atoms with Gasteiger partial charge in [-0.1, -0.05) is 24.3 Å². The molecule has 0 unspecified atom stereocenters. The molecule has 0 aliphatic rings. The van der Waals surface area contributed by atoms with Gasteiger partial charge in [0.05, 0.1) is 6.61 Å². The number of hydrogen-bond donors (Lipinski definition) is 1. The predicted molar refractivity (Wildman–Crippen MR) is 76.9 cm³/mol. The summed E-state index contributed by atoms with van der Waals surface area (Å²) in [6.45, 7) is 2.64.